The summed E-state index contributed by atoms with van der Waals surface area (Å²) >= 11 is 0. The number of rotatable bonds is 5. The zero-order valence-electron chi connectivity index (χ0n) is 16.7. The van der Waals surface area contributed by atoms with Gasteiger partial charge in [-0.3, -0.25) is 19.0 Å². The fourth-order valence-electron chi connectivity index (χ4n) is 3.37. The number of imidazole rings is 1. The van der Waals surface area contributed by atoms with Gasteiger partial charge in [-0.1, -0.05) is 0 Å². The van der Waals surface area contributed by atoms with Crippen LogP contribution in [-0.4, -0.2) is 77.4 Å². The lowest BCUT2D eigenvalue weighted by atomic mass is 10.1. The lowest BCUT2D eigenvalue weighted by Crippen LogP contribution is -2.40. The Labute approximate surface area is 173 Å². The lowest BCUT2D eigenvalue weighted by Gasteiger charge is -2.23. The quantitative estimate of drug-likeness (QED) is 0.372. The number of anilines is 1. The summed E-state index contributed by atoms with van der Waals surface area (Å²) < 4.78 is 24.4. The summed E-state index contributed by atoms with van der Waals surface area (Å²) in [6.45, 7) is 3.40. The molecule has 0 radical (unpaired) electrons. The first-order valence-electron chi connectivity index (χ1n) is 9.09. The molecular formula is C16H18N8O7. The van der Waals surface area contributed by atoms with E-state index in [1.54, 1.807) is 0 Å². The first kappa shape index (κ1) is 20.4. The molecule has 31 heavy (non-hydrogen) atoms. The van der Waals surface area contributed by atoms with Gasteiger partial charge in [-0.15, -0.1) is 5.10 Å². The highest BCUT2D eigenvalue weighted by atomic mass is 16.7. The van der Waals surface area contributed by atoms with Gasteiger partial charge in [-0.25, -0.2) is 4.98 Å². The van der Waals surface area contributed by atoms with E-state index in [0.29, 0.717) is 5.52 Å². The number of ether oxygens (including phenoxy) is 4. The second-order valence-corrected chi connectivity index (χ2v) is 6.72. The number of nitrogens with zero attached hydrogens (tertiary/aromatic N) is 7. The summed E-state index contributed by atoms with van der Waals surface area (Å²) in [4.78, 5) is 43.3. The molecule has 0 spiro atoms. The van der Waals surface area contributed by atoms with Gasteiger partial charge in [0.15, 0.2) is 29.6 Å². The zero-order chi connectivity index (χ0) is 22.3. The third-order valence-electron chi connectivity index (χ3n) is 4.50. The Balaban J connectivity index is 1.79. The van der Waals surface area contributed by atoms with Crippen LogP contribution in [0.2, 0.25) is 0 Å². The van der Waals surface area contributed by atoms with E-state index in [9.17, 15) is 14.4 Å². The highest BCUT2D eigenvalue weighted by Crippen LogP contribution is 2.36. The van der Waals surface area contributed by atoms with Crippen molar-refractivity contribution in [2.24, 2.45) is 0 Å². The molecule has 3 aromatic rings. The maximum absolute atomic E-state index is 11.8. The average Bonchev–Trinajstić information content (AvgIpc) is 3.38. The first-order chi connectivity index (χ1) is 14.8. The van der Waals surface area contributed by atoms with E-state index in [0.717, 1.165) is 0 Å². The fraction of sp³-hybridized carbons (Fsp3) is 0.500. The van der Waals surface area contributed by atoms with Crippen LogP contribution in [0.15, 0.2) is 6.33 Å². The molecule has 0 aliphatic carbocycles. The largest absolute Gasteiger partial charge is 0.463 e. The van der Waals surface area contributed by atoms with Crippen molar-refractivity contribution < 1.29 is 33.3 Å². The first-order valence-corrected chi connectivity index (χ1v) is 9.09. The number of aromatic nitrogens is 7. The smallest absolute Gasteiger partial charge is 0.303 e. The van der Waals surface area contributed by atoms with Crippen molar-refractivity contribution in [3.63, 3.8) is 0 Å². The van der Waals surface area contributed by atoms with Gasteiger partial charge in [0, 0.05) is 20.8 Å². The number of nitrogens with two attached hydrogens (primary N) is 1. The number of hydrogen-bond donors (Lipinski definition) is 1. The summed E-state index contributed by atoms with van der Waals surface area (Å²) in [6, 6.07) is 0. The van der Waals surface area contributed by atoms with E-state index in [1.165, 1.54) is 36.2 Å². The van der Waals surface area contributed by atoms with Gasteiger partial charge in [0.25, 0.3) is 0 Å². The number of hydrogen-bond acceptors (Lipinski definition) is 13. The number of fused-ring (bicyclic) bond motifs is 3. The predicted molar refractivity (Wildman–Crippen MR) is 97.9 cm³/mol. The molecule has 0 amide bonds. The molecule has 0 saturated carbocycles. The molecule has 1 aliphatic heterocycles. The second kappa shape index (κ2) is 7.75. The molecular weight excluding hydrogens is 416 g/mol. The molecule has 164 valence electrons. The van der Waals surface area contributed by atoms with Crippen LogP contribution in [0.1, 0.15) is 27.0 Å². The molecule has 4 heterocycles. The summed E-state index contributed by atoms with van der Waals surface area (Å²) in [5.41, 5.74) is 6.75. The van der Waals surface area contributed by atoms with Crippen molar-refractivity contribution in [3.05, 3.63) is 6.33 Å². The van der Waals surface area contributed by atoms with Gasteiger partial charge in [0.05, 0.1) is 6.33 Å². The molecule has 1 aliphatic rings. The molecule has 4 rings (SSSR count). The lowest BCUT2D eigenvalue weighted by molar-refractivity contribution is -0.166. The molecule has 0 unspecified atom stereocenters. The summed E-state index contributed by atoms with van der Waals surface area (Å²) in [7, 11) is 0. The van der Waals surface area contributed by atoms with Gasteiger partial charge >= 0.3 is 17.9 Å². The van der Waals surface area contributed by atoms with Crippen molar-refractivity contribution >= 4 is 40.7 Å². The minimum absolute atomic E-state index is 0.00992. The average molecular weight is 434 g/mol. The van der Waals surface area contributed by atoms with Crippen molar-refractivity contribution in [2.45, 2.75) is 45.3 Å². The maximum atomic E-state index is 11.8. The van der Waals surface area contributed by atoms with Crippen molar-refractivity contribution in [1.82, 2.24) is 34.6 Å². The predicted octanol–water partition coefficient (Wildman–Crippen LogP) is -1.22. The third-order valence-corrected chi connectivity index (χ3v) is 4.50. The highest BCUT2D eigenvalue weighted by molar-refractivity contribution is 5.86. The van der Waals surface area contributed by atoms with Crippen LogP contribution < -0.4 is 5.73 Å². The SMILES string of the molecule is CC(=O)OC[C@H]1O[C@@H](n2cnc3c2nc(N)n2nnnc32)[C@H](OC(C)=O)[C@@H]1OC(C)=O. The topological polar surface area (TPSA) is 188 Å². The van der Waals surface area contributed by atoms with Crippen molar-refractivity contribution in [2.75, 3.05) is 12.3 Å². The van der Waals surface area contributed by atoms with Crippen LogP contribution in [0.4, 0.5) is 5.95 Å². The summed E-state index contributed by atoms with van der Waals surface area (Å²) in [6.07, 6.45) is -2.71. The Morgan fingerprint density at radius 1 is 1.10 bits per heavy atom. The van der Waals surface area contributed by atoms with E-state index < -0.39 is 42.4 Å². The normalized spacial score (nSPS) is 23.2. The number of esters is 3. The van der Waals surface area contributed by atoms with Gasteiger partial charge in [-0.2, -0.15) is 9.50 Å². The van der Waals surface area contributed by atoms with Crippen LogP contribution in [-0.2, 0) is 33.3 Å². The van der Waals surface area contributed by atoms with Gasteiger partial charge < -0.3 is 24.7 Å². The van der Waals surface area contributed by atoms with Crippen LogP contribution in [0.25, 0.3) is 16.8 Å². The number of carbonyl (C=O) groups is 3. The van der Waals surface area contributed by atoms with E-state index in [1.807, 2.05) is 0 Å². The Morgan fingerprint density at radius 3 is 2.48 bits per heavy atom. The van der Waals surface area contributed by atoms with Gasteiger partial charge in [-0.05, 0) is 10.4 Å². The molecule has 3 aromatic heterocycles. The van der Waals surface area contributed by atoms with Gasteiger partial charge in [0.1, 0.15) is 12.7 Å². The Kier molecular flexibility index (Phi) is 5.10. The molecule has 0 aromatic carbocycles. The highest BCUT2D eigenvalue weighted by Gasteiger charge is 2.51. The van der Waals surface area contributed by atoms with Crippen molar-refractivity contribution in [3.8, 4) is 0 Å². The minimum Gasteiger partial charge on any atom is -0.463 e. The molecule has 0 bridgehead atoms. The zero-order valence-corrected chi connectivity index (χ0v) is 16.7. The Hall–Kier alpha value is -3.88. The van der Waals surface area contributed by atoms with E-state index in [2.05, 4.69) is 25.5 Å². The standard InChI is InChI=1S/C16H18N8O7/c1-6(25)28-4-9-11(29-7(2)26)12(30-8(3)27)15(31-9)23-5-18-10-13(23)19-16(17)24-14(10)20-21-22-24/h5,9,11-12,15H,4H2,1-3H3,(H2,17,19)/t9-,11-,12-,15-/m1/s1. The summed E-state index contributed by atoms with van der Waals surface area (Å²) in [5, 5.41) is 11.2. The van der Waals surface area contributed by atoms with Crippen LogP contribution in [0, 0.1) is 0 Å². The molecule has 15 nitrogen and oxygen atoms in total. The van der Waals surface area contributed by atoms with E-state index in [-0.39, 0.29) is 23.8 Å². The van der Waals surface area contributed by atoms with Crippen molar-refractivity contribution in [1.29, 1.82) is 0 Å². The monoisotopic (exact) mass is 434 g/mol. The van der Waals surface area contributed by atoms with Gasteiger partial charge in [0.2, 0.25) is 11.6 Å². The maximum Gasteiger partial charge on any atom is 0.303 e. The molecule has 2 N–H and O–H groups in total. The van der Waals surface area contributed by atoms with E-state index >= 15 is 0 Å². The molecule has 4 atom stereocenters. The Bertz CT molecular complexity index is 1170. The van der Waals surface area contributed by atoms with E-state index in [4.69, 9.17) is 24.7 Å². The molecule has 15 heteroatoms. The number of tetrazole rings is 1. The second-order valence-electron chi connectivity index (χ2n) is 6.72. The van der Waals surface area contributed by atoms with Crippen LogP contribution in [0.3, 0.4) is 0 Å². The fourth-order valence-corrected chi connectivity index (χ4v) is 3.37. The van der Waals surface area contributed by atoms with Crippen LogP contribution in [0.5, 0.6) is 0 Å². The number of nitrogen functional groups attached to an aromatic ring is 1. The summed E-state index contributed by atoms with van der Waals surface area (Å²) in [5.74, 6) is -1.83. The Morgan fingerprint density at radius 2 is 1.81 bits per heavy atom. The third kappa shape index (κ3) is 3.70. The minimum atomic E-state index is -1.09. The molecule has 1 saturated heterocycles. The molecule has 1 fully saturated rings. The van der Waals surface area contributed by atoms with Crippen LogP contribution >= 0.6 is 0 Å². The number of carbonyl (C=O) groups excluding carboxylic acids is 3.